The summed E-state index contributed by atoms with van der Waals surface area (Å²) in [6.07, 6.45) is 0.434. The third-order valence-corrected chi connectivity index (χ3v) is 3.33. The third kappa shape index (κ3) is 2.88. The summed E-state index contributed by atoms with van der Waals surface area (Å²) < 4.78 is 5.33. The van der Waals surface area contributed by atoms with Crippen LogP contribution in [0.15, 0.2) is 18.2 Å². The summed E-state index contributed by atoms with van der Waals surface area (Å²) in [6, 6.07) is 5.48. The zero-order valence-electron chi connectivity index (χ0n) is 11.3. The molecule has 0 radical (unpaired) electrons. The van der Waals surface area contributed by atoms with E-state index in [4.69, 9.17) is 9.84 Å². The molecule has 104 valence electrons. The van der Waals surface area contributed by atoms with Crippen molar-refractivity contribution in [3.05, 3.63) is 23.8 Å². The normalized spacial score (nSPS) is 19.6. The zero-order valence-corrected chi connectivity index (χ0v) is 11.3. The van der Waals surface area contributed by atoms with Crippen LogP contribution in [0.5, 0.6) is 5.75 Å². The van der Waals surface area contributed by atoms with Gasteiger partial charge in [-0.2, -0.15) is 0 Å². The van der Waals surface area contributed by atoms with Crippen LogP contribution in [-0.4, -0.2) is 43.9 Å². The Hall–Kier alpha value is -1.59. The summed E-state index contributed by atoms with van der Waals surface area (Å²) >= 11 is 0. The van der Waals surface area contributed by atoms with E-state index in [1.807, 2.05) is 25.1 Å². The second-order valence-corrected chi connectivity index (χ2v) is 4.68. The van der Waals surface area contributed by atoms with E-state index in [2.05, 4.69) is 5.32 Å². The molecule has 1 unspecified atom stereocenters. The molecule has 5 nitrogen and oxygen atoms in total. The van der Waals surface area contributed by atoms with E-state index in [0.717, 1.165) is 11.3 Å². The molecule has 1 fully saturated rings. The number of hydrogen-bond donors (Lipinski definition) is 2. The Balaban J connectivity index is 2.29. The molecule has 0 aromatic heterocycles. The number of nitrogens with zero attached hydrogens (tertiary/aromatic N) is 1. The van der Waals surface area contributed by atoms with Gasteiger partial charge in [-0.15, -0.1) is 0 Å². The SMILES string of the molecule is COc1ccc(C)cc1N1CCNC(CCO)C1=O. The van der Waals surface area contributed by atoms with E-state index in [1.54, 1.807) is 12.0 Å². The van der Waals surface area contributed by atoms with Gasteiger partial charge in [-0.25, -0.2) is 0 Å². The Morgan fingerprint density at radius 1 is 1.53 bits per heavy atom. The van der Waals surface area contributed by atoms with Gasteiger partial charge in [0.05, 0.1) is 18.8 Å². The first-order valence-electron chi connectivity index (χ1n) is 6.47. The van der Waals surface area contributed by atoms with Crippen molar-refractivity contribution >= 4 is 11.6 Å². The summed E-state index contributed by atoms with van der Waals surface area (Å²) in [5.41, 5.74) is 1.89. The average Bonchev–Trinajstić information content (AvgIpc) is 2.41. The molecule has 1 heterocycles. The lowest BCUT2D eigenvalue weighted by atomic mass is 10.1. The lowest BCUT2D eigenvalue weighted by Gasteiger charge is -2.33. The van der Waals surface area contributed by atoms with Gasteiger partial charge in [0.15, 0.2) is 0 Å². The number of methoxy groups -OCH3 is 1. The molecule has 1 amide bonds. The average molecular weight is 264 g/mol. The monoisotopic (exact) mass is 264 g/mol. The van der Waals surface area contributed by atoms with E-state index >= 15 is 0 Å². The highest BCUT2D eigenvalue weighted by atomic mass is 16.5. The van der Waals surface area contributed by atoms with Gasteiger partial charge < -0.3 is 20.1 Å². The second kappa shape index (κ2) is 6.04. The highest BCUT2D eigenvalue weighted by molar-refractivity contribution is 5.99. The number of aliphatic hydroxyl groups is 1. The fraction of sp³-hybridized carbons (Fsp3) is 0.500. The minimum atomic E-state index is -0.316. The van der Waals surface area contributed by atoms with Crippen LogP contribution in [0.4, 0.5) is 5.69 Å². The van der Waals surface area contributed by atoms with E-state index in [9.17, 15) is 4.79 Å². The lowest BCUT2D eigenvalue weighted by Crippen LogP contribution is -2.55. The molecule has 0 saturated carbocycles. The van der Waals surface area contributed by atoms with Crippen LogP contribution in [-0.2, 0) is 4.79 Å². The number of benzene rings is 1. The van der Waals surface area contributed by atoms with Crippen LogP contribution in [0.2, 0.25) is 0 Å². The Morgan fingerprint density at radius 3 is 3.00 bits per heavy atom. The van der Waals surface area contributed by atoms with Gasteiger partial charge in [0, 0.05) is 19.7 Å². The van der Waals surface area contributed by atoms with Crippen LogP contribution < -0.4 is 15.0 Å². The Bertz CT molecular complexity index is 460. The molecule has 0 aliphatic carbocycles. The van der Waals surface area contributed by atoms with Gasteiger partial charge in [0.25, 0.3) is 0 Å². The summed E-state index contributed by atoms with van der Waals surface area (Å²) in [7, 11) is 1.60. The van der Waals surface area contributed by atoms with E-state index in [0.29, 0.717) is 25.3 Å². The van der Waals surface area contributed by atoms with Gasteiger partial charge in [0.2, 0.25) is 5.91 Å². The summed E-state index contributed by atoms with van der Waals surface area (Å²) in [5, 5.41) is 12.1. The summed E-state index contributed by atoms with van der Waals surface area (Å²) in [6.45, 7) is 3.32. The number of carbonyl (C=O) groups is 1. The Morgan fingerprint density at radius 2 is 2.32 bits per heavy atom. The van der Waals surface area contributed by atoms with Crippen molar-refractivity contribution in [3.63, 3.8) is 0 Å². The van der Waals surface area contributed by atoms with Gasteiger partial charge >= 0.3 is 0 Å². The van der Waals surface area contributed by atoms with Crippen molar-refractivity contribution in [3.8, 4) is 5.75 Å². The quantitative estimate of drug-likeness (QED) is 0.840. The molecule has 1 aromatic rings. The van der Waals surface area contributed by atoms with Crippen molar-refractivity contribution in [1.82, 2.24) is 5.32 Å². The van der Waals surface area contributed by atoms with E-state index in [1.165, 1.54) is 0 Å². The summed E-state index contributed by atoms with van der Waals surface area (Å²) in [4.78, 5) is 14.1. The molecule has 2 rings (SSSR count). The molecular formula is C14H20N2O3. The number of carbonyl (C=O) groups excluding carboxylic acids is 1. The predicted octanol–water partition coefficient (Wildman–Crippen LogP) is 0.691. The highest BCUT2D eigenvalue weighted by Crippen LogP contribution is 2.30. The molecule has 1 aromatic carbocycles. The molecule has 0 bridgehead atoms. The van der Waals surface area contributed by atoms with Gasteiger partial charge in [-0.05, 0) is 31.0 Å². The first-order chi connectivity index (χ1) is 9.17. The predicted molar refractivity (Wildman–Crippen MR) is 73.6 cm³/mol. The third-order valence-electron chi connectivity index (χ3n) is 3.33. The highest BCUT2D eigenvalue weighted by Gasteiger charge is 2.30. The van der Waals surface area contributed by atoms with Gasteiger partial charge in [-0.1, -0.05) is 6.07 Å². The van der Waals surface area contributed by atoms with Crippen molar-refractivity contribution in [2.24, 2.45) is 0 Å². The number of piperazine rings is 1. The van der Waals surface area contributed by atoms with E-state index in [-0.39, 0.29) is 18.6 Å². The maximum atomic E-state index is 12.4. The summed E-state index contributed by atoms with van der Waals surface area (Å²) in [5.74, 6) is 0.688. The van der Waals surface area contributed by atoms with Crippen LogP contribution >= 0.6 is 0 Å². The number of nitrogens with one attached hydrogen (secondary N) is 1. The first-order valence-corrected chi connectivity index (χ1v) is 6.47. The first kappa shape index (κ1) is 13.8. The second-order valence-electron chi connectivity index (χ2n) is 4.68. The fourth-order valence-electron chi connectivity index (χ4n) is 2.34. The van der Waals surface area contributed by atoms with Crippen molar-refractivity contribution in [2.75, 3.05) is 31.7 Å². The van der Waals surface area contributed by atoms with Crippen LogP contribution in [0.3, 0.4) is 0 Å². The molecule has 19 heavy (non-hydrogen) atoms. The number of rotatable bonds is 4. The lowest BCUT2D eigenvalue weighted by molar-refractivity contribution is -0.122. The van der Waals surface area contributed by atoms with Gasteiger partial charge in [0.1, 0.15) is 5.75 Å². The molecule has 1 aliphatic rings. The minimum Gasteiger partial charge on any atom is -0.495 e. The number of hydrogen-bond acceptors (Lipinski definition) is 4. The van der Waals surface area contributed by atoms with Crippen LogP contribution in [0, 0.1) is 6.92 Å². The maximum Gasteiger partial charge on any atom is 0.244 e. The van der Waals surface area contributed by atoms with E-state index < -0.39 is 0 Å². The number of aryl methyl sites for hydroxylation is 1. The molecule has 1 saturated heterocycles. The number of aliphatic hydroxyl groups excluding tert-OH is 1. The van der Waals surface area contributed by atoms with Crippen molar-refractivity contribution < 1.29 is 14.6 Å². The van der Waals surface area contributed by atoms with Gasteiger partial charge in [-0.3, -0.25) is 4.79 Å². The number of ether oxygens (including phenoxy) is 1. The smallest absolute Gasteiger partial charge is 0.244 e. The molecular weight excluding hydrogens is 244 g/mol. The van der Waals surface area contributed by atoms with Crippen LogP contribution in [0.25, 0.3) is 0 Å². The molecule has 0 spiro atoms. The topological polar surface area (TPSA) is 61.8 Å². The molecule has 2 N–H and O–H groups in total. The standard InChI is InChI=1S/C14H20N2O3/c1-10-3-4-13(19-2)12(9-10)16-7-6-15-11(5-8-17)14(16)18/h3-4,9,11,15,17H,5-8H2,1-2H3. The van der Waals surface area contributed by atoms with Crippen molar-refractivity contribution in [1.29, 1.82) is 0 Å². The number of amides is 1. The fourth-order valence-corrected chi connectivity index (χ4v) is 2.34. The largest absolute Gasteiger partial charge is 0.495 e. The van der Waals surface area contributed by atoms with Crippen molar-refractivity contribution in [2.45, 2.75) is 19.4 Å². The number of anilines is 1. The maximum absolute atomic E-state index is 12.4. The molecule has 5 heteroatoms. The Labute approximate surface area is 113 Å². The zero-order chi connectivity index (χ0) is 13.8. The molecule has 1 aliphatic heterocycles. The Kier molecular flexibility index (Phi) is 4.39. The molecule has 1 atom stereocenters. The minimum absolute atomic E-state index is 0.00218. The van der Waals surface area contributed by atoms with Crippen LogP contribution in [0.1, 0.15) is 12.0 Å².